The lowest BCUT2D eigenvalue weighted by Crippen LogP contribution is -2.02. The van der Waals surface area contributed by atoms with Gasteiger partial charge in [0.15, 0.2) is 0 Å². The normalized spacial score (nSPS) is 10.6. The number of rotatable bonds is 6. The van der Waals surface area contributed by atoms with Gasteiger partial charge >= 0.3 is 0 Å². The zero-order valence-corrected chi connectivity index (χ0v) is 13.0. The van der Waals surface area contributed by atoms with E-state index in [0.717, 1.165) is 41.0 Å². The van der Waals surface area contributed by atoms with Crippen molar-refractivity contribution in [2.24, 2.45) is 0 Å². The molecular weight excluding hydrogens is 268 g/mol. The Morgan fingerprint density at radius 3 is 2.65 bits per heavy atom. The zero-order chi connectivity index (χ0) is 14.4. The molecule has 0 spiro atoms. The van der Waals surface area contributed by atoms with E-state index in [-0.39, 0.29) is 0 Å². The van der Waals surface area contributed by atoms with Gasteiger partial charge in [0.2, 0.25) is 0 Å². The Morgan fingerprint density at radius 1 is 1.15 bits per heavy atom. The van der Waals surface area contributed by atoms with Crippen LogP contribution in [0.4, 0.5) is 5.82 Å². The first kappa shape index (κ1) is 14.8. The van der Waals surface area contributed by atoms with E-state index in [9.17, 15) is 0 Å². The van der Waals surface area contributed by atoms with Crippen LogP contribution in [0.2, 0.25) is 0 Å². The molecule has 2 rings (SSSR count). The van der Waals surface area contributed by atoms with E-state index in [1.165, 1.54) is 5.56 Å². The molecule has 0 bridgehead atoms. The minimum absolute atomic E-state index is 0.789. The second-order valence-corrected chi connectivity index (χ2v) is 5.73. The molecule has 0 fully saturated rings. The third-order valence-corrected chi connectivity index (χ3v) is 3.65. The molecule has 0 amide bonds. The molecule has 4 nitrogen and oxygen atoms in total. The molecule has 0 saturated carbocycles. The zero-order valence-electron chi connectivity index (χ0n) is 12.2. The van der Waals surface area contributed by atoms with Crippen molar-refractivity contribution in [3.05, 3.63) is 41.5 Å². The van der Waals surface area contributed by atoms with Crippen LogP contribution in [-0.2, 0) is 5.75 Å². The lowest BCUT2D eigenvalue weighted by molar-refractivity contribution is 0.959. The van der Waals surface area contributed by atoms with Gasteiger partial charge in [-0.25, -0.2) is 9.97 Å². The number of hydrogen-bond donors (Lipinski definition) is 1. The first-order valence-corrected chi connectivity index (χ1v) is 7.79. The summed E-state index contributed by atoms with van der Waals surface area (Å²) >= 11 is 1.69. The van der Waals surface area contributed by atoms with Gasteiger partial charge in [0.05, 0.1) is 23.1 Å². The van der Waals surface area contributed by atoms with Gasteiger partial charge in [0.1, 0.15) is 5.82 Å². The maximum absolute atomic E-state index is 4.51. The van der Waals surface area contributed by atoms with Crippen molar-refractivity contribution in [1.82, 2.24) is 15.0 Å². The summed E-state index contributed by atoms with van der Waals surface area (Å²) in [5.41, 5.74) is 3.26. The van der Waals surface area contributed by atoms with Crippen LogP contribution >= 0.6 is 11.8 Å². The summed E-state index contributed by atoms with van der Waals surface area (Å²) in [7, 11) is 0. The number of nitrogens with one attached hydrogen (secondary N) is 1. The van der Waals surface area contributed by atoms with Crippen LogP contribution in [0, 0.1) is 13.8 Å². The lowest BCUT2D eigenvalue weighted by atomic mass is 10.3. The molecular formula is C15H20N4S. The Kier molecular flexibility index (Phi) is 5.35. The van der Waals surface area contributed by atoms with Gasteiger partial charge in [0, 0.05) is 18.0 Å². The highest BCUT2D eigenvalue weighted by Gasteiger charge is 2.02. The maximum Gasteiger partial charge on any atom is 0.144 e. The second kappa shape index (κ2) is 7.24. The van der Waals surface area contributed by atoms with Crippen LogP contribution in [0.15, 0.2) is 29.6 Å². The van der Waals surface area contributed by atoms with E-state index < -0.39 is 0 Å². The number of anilines is 1. The fraction of sp³-hybridized carbons (Fsp3) is 0.400. The molecule has 0 unspecified atom stereocenters. The summed E-state index contributed by atoms with van der Waals surface area (Å²) in [4.78, 5) is 13.3. The van der Waals surface area contributed by atoms with Crippen molar-refractivity contribution in [2.45, 2.75) is 38.0 Å². The topological polar surface area (TPSA) is 50.7 Å². The first-order valence-electron chi connectivity index (χ1n) is 6.80. The molecule has 0 aliphatic heterocycles. The fourth-order valence-corrected chi connectivity index (χ4v) is 2.72. The predicted octanol–water partition coefficient (Wildman–Crippen LogP) is 3.60. The smallest absolute Gasteiger partial charge is 0.144 e. The number of aryl methyl sites for hydroxylation is 2. The molecule has 0 saturated heterocycles. The van der Waals surface area contributed by atoms with Gasteiger partial charge in [0.25, 0.3) is 0 Å². The minimum atomic E-state index is 0.789. The summed E-state index contributed by atoms with van der Waals surface area (Å²) in [6.45, 7) is 7.16. The molecule has 20 heavy (non-hydrogen) atoms. The highest BCUT2D eigenvalue weighted by molar-refractivity contribution is 7.98. The SMILES string of the molecule is CCCNc1cnc(CSc2cc(C)cc(C)n2)cn1. The van der Waals surface area contributed by atoms with Gasteiger partial charge in [-0.15, -0.1) is 0 Å². The molecule has 2 aromatic rings. The highest BCUT2D eigenvalue weighted by atomic mass is 32.2. The van der Waals surface area contributed by atoms with Gasteiger partial charge in [-0.05, 0) is 38.0 Å². The Morgan fingerprint density at radius 2 is 2.00 bits per heavy atom. The Labute approximate surface area is 124 Å². The average molecular weight is 288 g/mol. The van der Waals surface area contributed by atoms with E-state index in [1.807, 2.05) is 13.1 Å². The van der Waals surface area contributed by atoms with Gasteiger partial charge in [-0.1, -0.05) is 18.7 Å². The van der Waals surface area contributed by atoms with E-state index in [1.54, 1.807) is 18.0 Å². The van der Waals surface area contributed by atoms with Crippen molar-refractivity contribution in [2.75, 3.05) is 11.9 Å². The van der Waals surface area contributed by atoms with E-state index >= 15 is 0 Å². The van der Waals surface area contributed by atoms with Crippen LogP contribution in [0.25, 0.3) is 0 Å². The Hall–Kier alpha value is -1.62. The summed E-state index contributed by atoms with van der Waals surface area (Å²) in [6.07, 6.45) is 4.70. The fourth-order valence-electron chi connectivity index (χ4n) is 1.80. The minimum Gasteiger partial charge on any atom is -0.369 e. The van der Waals surface area contributed by atoms with Crippen LogP contribution in [0.1, 0.15) is 30.3 Å². The molecule has 2 aromatic heterocycles. The second-order valence-electron chi connectivity index (χ2n) is 4.73. The summed E-state index contributed by atoms with van der Waals surface area (Å²) in [5.74, 6) is 1.63. The van der Waals surface area contributed by atoms with Crippen molar-refractivity contribution >= 4 is 17.6 Å². The van der Waals surface area contributed by atoms with Gasteiger partial charge in [-0.3, -0.25) is 4.98 Å². The standard InChI is InChI=1S/C15H20N4S/c1-4-5-16-14-9-17-13(8-18-14)10-20-15-7-11(2)6-12(3)19-15/h6-9H,4-5,10H2,1-3H3,(H,16,18). The predicted molar refractivity (Wildman–Crippen MR) is 84.1 cm³/mol. The maximum atomic E-state index is 4.51. The quantitative estimate of drug-likeness (QED) is 0.823. The van der Waals surface area contributed by atoms with Crippen molar-refractivity contribution < 1.29 is 0 Å². The Balaban J connectivity index is 1.93. The van der Waals surface area contributed by atoms with Crippen LogP contribution < -0.4 is 5.32 Å². The van der Waals surface area contributed by atoms with Gasteiger partial charge in [-0.2, -0.15) is 0 Å². The van der Waals surface area contributed by atoms with E-state index in [4.69, 9.17) is 0 Å². The molecule has 106 valence electrons. The third kappa shape index (κ3) is 4.49. The molecule has 0 aliphatic rings. The molecule has 2 heterocycles. The molecule has 1 N–H and O–H groups in total. The van der Waals surface area contributed by atoms with Crippen LogP contribution in [0.3, 0.4) is 0 Å². The molecule has 5 heteroatoms. The third-order valence-electron chi connectivity index (χ3n) is 2.70. The average Bonchev–Trinajstić information content (AvgIpc) is 2.43. The largest absolute Gasteiger partial charge is 0.369 e. The molecule has 0 aromatic carbocycles. The summed E-state index contributed by atoms with van der Waals surface area (Å²) < 4.78 is 0. The van der Waals surface area contributed by atoms with Crippen LogP contribution in [0.5, 0.6) is 0 Å². The first-order chi connectivity index (χ1) is 9.67. The molecule has 0 aliphatic carbocycles. The monoisotopic (exact) mass is 288 g/mol. The lowest BCUT2D eigenvalue weighted by Gasteiger charge is -2.05. The van der Waals surface area contributed by atoms with Crippen molar-refractivity contribution in [3.8, 4) is 0 Å². The summed E-state index contributed by atoms with van der Waals surface area (Å²) in [5, 5.41) is 4.26. The molecule has 0 atom stereocenters. The number of nitrogens with zero attached hydrogens (tertiary/aromatic N) is 3. The highest BCUT2D eigenvalue weighted by Crippen LogP contribution is 2.21. The Bertz CT molecular complexity index is 534. The van der Waals surface area contributed by atoms with Crippen molar-refractivity contribution in [1.29, 1.82) is 0 Å². The van der Waals surface area contributed by atoms with Gasteiger partial charge < -0.3 is 5.32 Å². The van der Waals surface area contributed by atoms with E-state index in [2.05, 4.69) is 46.2 Å². The number of pyridine rings is 1. The molecule has 0 radical (unpaired) electrons. The summed E-state index contributed by atoms with van der Waals surface area (Å²) in [6, 6.07) is 4.18. The van der Waals surface area contributed by atoms with Crippen molar-refractivity contribution in [3.63, 3.8) is 0 Å². The van der Waals surface area contributed by atoms with E-state index in [0.29, 0.717) is 0 Å². The number of hydrogen-bond acceptors (Lipinski definition) is 5. The number of thioether (sulfide) groups is 1. The number of aromatic nitrogens is 3. The van der Waals surface area contributed by atoms with Crippen LogP contribution in [-0.4, -0.2) is 21.5 Å².